The number of nitrogens with one attached hydrogen (secondary N) is 1. The maximum atomic E-state index is 10.1. The van der Waals surface area contributed by atoms with Crippen LogP contribution in [-0.4, -0.2) is 49.3 Å². The molecule has 1 saturated heterocycles. The fraction of sp³-hybridized carbons (Fsp3) is 1.00. The predicted octanol–water partition coefficient (Wildman–Crippen LogP) is 2.10. The summed E-state index contributed by atoms with van der Waals surface area (Å²) in [6.45, 7) is 7.21. The van der Waals surface area contributed by atoms with E-state index in [1.54, 1.807) is 0 Å². The molecule has 3 aliphatic rings. The Morgan fingerprint density at radius 2 is 2.10 bits per heavy atom. The van der Waals surface area contributed by atoms with Crippen LogP contribution >= 0.6 is 0 Å². The van der Waals surface area contributed by atoms with Crippen molar-refractivity contribution in [3.63, 3.8) is 0 Å². The van der Waals surface area contributed by atoms with Crippen LogP contribution in [0.15, 0.2) is 0 Å². The summed E-state index contributed by atoms with van der Waals surface area (Å²) in [7, 11) is 2.10. The highest BCUT2D eigenvalue weighted by Crippen LogP contribution is 2.43. The number of fused-ring (bicyclic) bond motifs is 1. The molecule has 5 atom stereocenters. The van der Waals surface area contributed by atoms with E-state index in [4.69, 9.17) is 0 Å². The molecule has 0 bridgehead atoms. The molecule has 3 rings (SSSR count). The van der Waals surface area contributed by atoms with Gasteiger partial charge >= 0.3 is 0 Å². The standard InChI is InChI=1S/C17H32N2O/c1-13-4-3-7-17(8-13,11-18-2)12-19-9-14-5-6-16(20)15(14)10-19/h13-16,18,20H,3-12H2,1-2H3. The SMILES string of the molecule is CNCC1(CN2CC3CCC(O)C3C2)CCCC(C)C1. The molecule has 5 unspecified atom stereocenters. The van der Waals surface area contributed by atoms with E-state index in [2.05, 4.69) is 24.2 Å². The molecule has 2 saturated carbocycles. The normalized spacial score (nSPS) is 45.8. The van der Waals surface area contributed by atoms with E-state index in [1.807, 2.05) is 0 Å². The Labute approximate surface area is 124 Å². The zero-order valence-electron chi connectivity index (χ0n) is 13.3. The number of likely N-dealkylation sites (tertiary alicyclic amines) is 1. The topological polar surface area (TPSA) is 35.5 Å². The summed E-state index contributed by atoms with van der Waals surface area (Å²) in [4.78, 5) is 2.67. The van der Waals surface area contributed by atoms with Gasteiger partial charge in [-0.05, 0) is 50.0 Å². The second-order valence-corrected chi connectivity index (χ2v) is 7.99. The largest absolute Gasteiger partial charge is 0.393 e. The fourth-order valence-electron chi connectivity index (χ4n) is 5.44. The fourth-order valence-corrected chi connectivity index (χ4v) is 5.44. The molecule has 2 aliphatic carbocycles. The highest BCUT2D eigenvalue weighted by molar-refractivity contribution is 4.97. The third-order valence-electron chi connectivity index (χ3n) is 6.19. The zero-order chi connectivity index (χ0) is 14.2. The van der Waals surface area contributed by atoms with Gasteiger partial charge in [0.1, 0.15) is 0 Å². The molecule has 3 heteroatoms. The Kier molecular flexibility index (Phi) is 4.40. The maximum Gasteiger partial charge on any atom is 0.0583 e. The summed E-state index contributed by atoms with van der Waals surface area (Å²) >= 11 is 0. The lowest BCUT2D eigenvalue weighted by Crippen LogP contribution is -2.46. The summed E-state index contributed by atoms with van der Waals surface area (Å²) in [5.74, 6) is 2.23. The number of aliphatic hydroxyl groups is 1. The van der Waals surface area contributed by atoms with Crippen molar-refractivity contribution >= 4 is 0 Å². The average molecular weight is 280 g/mol. The molecular weight excluding hydrogens is 248 g/mol. The van der Waals surface area contributed by atoms with Crippen molar-refractivity contribution in [2.45, 2.75) is 51.6 Å². The second-order valence-electron chi connectivity index (χ2n) is 7.99. The average Bonchev–Trinajstić information content (AvgIpc) is 2.92. The first-order chi connectivity index (χ1) is 9.62. The highest BCUT2D eigenvalue weighted by atomic mass is 16.3. The molecule has 0 amide bonds. The van der Waals surface area contributed by atoms with E-state index in [9.17, 15) is 5.11 Å². The van der Waals surface area contributed by atoms with E-state index in [1.165, 1.54) is 45.2 Å². The first-order valence-electron chi connectivity index (χ1n) is 8.67. The first-order valence-corrected chi connectivity index (χ1v) is 8.67. The van der Waals surface area contributed by atoms with Crippen molar-refractivity contribution in [3.8, 4) is 0 Å². The molecule has 0 aromatic heterocycles. The molecule has 20 heavy (non-hydrogen) atoms. The van der Waals surface area contributed by atoms with Crippen LogP contribution in [0.2, 0.25) is 0 Å². The van der Waals surface area contributed by atoms with Crippen LogP contribution in [0.25, 0.3) is 0 Å². The molecule has 1 aliphatic heterocycles. The van der Waals surface area contributed by atoms with Crippen LogP contribution in [0.5, 0.6) is 0 Å². The number of nitrogens with zero attached hydrogens (tertiary/aromatic N) is 1. The van der Waals surface area contributed by atoms with Gasteiger partial charge in [-0.3, -0.25) is 0 Å². The van der Waals surface area contributed by atoms with Gasteiger partial charge in [0, 0.05) is 32.1 Å². The third-order valence-corrected chi connectivity index (χ3v) is 6.19. The van der Waals surface area contributed by atoms with Crippen LogP contribution in [-0.2, 0) is 0 Å². The third kappa shape index (κ3) is 2.90. The molecule has 116 valence electrons. The lowest BCUT2D eigenvalue weighted by atomic mass is 9.69. The smallest absolute Gasteiger partial charge is 0.0583 e. The molecule has 2 N–H and O–H groups in total. The highest BCUT2D eigenvalue weighted by Gasteiger charge is 2.44. The van der Waals surface area contributed by atoms with Crippen molar-refractivity contribution in [1.82, 2.24) is 10.2 Å². The molecule has 0 radical (unpaired) electrons. The molecule has 0 aromatic rings. The predicted molar refractivity (Wildman–Crippen MR) is 82.7 cm³/mol. The summed E-state index contributed by atoms with van der Waals surface area (Å²) in [5.41, 5.74) is 0.482. The van der Waals surface area contributed by atoms with Gasteiger partial charge in [-0.25, -0.2) is 0 Å². The van der Waals surface area contributed by atoms with Crippen LogP contribution in [0, 0.1) is 23.2 Å². The Morgan fingerprint density at radius 1 is 1.25 bits per heavy atom. The minimum absolute atomic E-state index is 0.0180. The summed E-state index contributed by atoms with van der Waals surface area (Å²) in [6, 6.07) is 0. The van der Waals surface area contributed by atoms with E-state index >= 15 is 0 Å². The molecule has 3 fully saturated rings. The molecule has 0 aromatic carbocycles. The number of rotatable bonds is 4. The second kappa shape index (κ2) is 5.94. The number of hydrogen-bond donors (Lipinski definition) is 2. The quantitative estimate of drug-likeness (QED) is 0.828. The Balaban J connectivity index is 1.62. The van der Waals surface area contributed by atoms with Crippen molar-refractivity contribution in [3.05, 3.63) is 0 Å². The van der Waals surface area contributed by atoms with Gasteiger partial charge < -0.3 is 15.3 Å². The van der Waals surface area contributed by atoms with E-state index in [0.29, 0.717) is 11.3 Å². The minimum atomic E-state index is -0.0180. The molecule has 3 nitrogen and oxygen atoms in total. The molecule has 1 heterocycles. The van der Waals surface area contributed by atoms with Gasteiger partial charge in [-0.1, -0.05) is 19.8 Å². The lowest BCUT2D eigenvalue weighted by Gasteiger charge is -2.43. The van der Waals surface area contributed by atoms with Crippen LogP contribution in [0.1, 0.15) is 45.4 Å². The van der Waals surface area contributed by atoms with Gasteiger partial charge in [0.2, 0.25) is 0 Å². The van der Waals surface area contributed by atoms with Crippen LogP contribution in [0.4, 0.5) is 0 Å². The minimum Gasteiger partial charge on any atom is -0.393 e. The van der Waals surface area contributed by atoms with Crippen molar-refractivity contribution in [2.75, 3.05) is 33.2 Å². The Hall–Kier alpha value is -0.120. The lowest BCUT2D eigenvalue weighted by molar-refractivity contribution is 0.0790. The van der Waals surface area contributed by atoms with Gasteiger partial charge in [-0.2, -0.15) is 0 Å². The monoisotopic (exact) mass is 280 g/mol. The van der Waals surface area contributed by atoms with Crippen LogP contribution in [0.3, 0.4) is 0 Å². The van der Waals surface area contributed by atoms with Crippen molar-refractivity contribution in [1.29, 1.82) is 0 Å². The van der Waals surface area contributed by atoms with Gasteiger partial charge in [0.05, 0.1) is 6.10 Å². The molecular formula is C17H32N2O. The summed E-state index contributed by atoms with van der Waals surface area (Å²) < 4.78 is 0. The van der Waals surface area contributed by atoms with E-state index in [0.717, 1.165) is 31.3 Å². The molecule has 0 spiro atoms. The van der Waals surface area contributed by atoms with Crippen LogP contribution < -0.4 is 5.32 Å². The van der Waals surface area contributed by atoms with Crippen molar-refractivity contribution < 1.29 is 5.11 Å². The number of hydrogen-bond acceptors (Lipinski definition) is 3. The Bertz CT molecular complexity index is 331. The Morgan fingerprint density at radius 3 is 2.80 bits per heavy atom. The van der Waals surface area contributed by atoms with E-state index in [-0.39, 0.29) is 6.10 Å². The summed E-state index contributed by atoms with van der Waals surface area (Å²) in [5, 5.41) is 13.5. The first kappa shape index (κ1) is 14.8. The van der Waals surface area contributed by atoms with E-state index < -0.39 is 0 Å². The maximum absolute atomic E-state index is 10.1. The van der Waals surface area contributed by atoms with Gasteiger partial charge in [0.15, 0.2) is 0 Å². The van der Waals surface area contributed by atoms with Gasteiger partial charge in [0.25, 0.3) is 0 Å². The van der Waals surface area contributed by atoms with Crippen molar-refractivity contribution in [2.24, 2.45) is 23.2 Å². The van der Waals surface area contributed by atoms with Gasteiger partial charge in [-0.15, -0.1) is 0 Å². The summed E-state index contributed by atoms with van der Waals surface area (Å²) in [6.07, 6.45) is 7.84. The zero-order valence-corrected chi connectivity index (χ0v) is 13.3. The number of aliphatic hydroxyl groups excluding tert-OH is 1.